The first kappa shape index (κ1) is 15.4. The fraction of sp³-hybridized carbons (Fsp3) is 0.500. The molecule has 1 fully saturated rings. The van der Waals surface area contributed by atoms with Crippen LogP contribution in [0.15, 0.2) is 29.8 Å². The third-order valence-electron chi connectivity index (χ3n) is 3.85. The Hall–Kier alpha value is -0.960. The molecule has 1 saturated carbocycles. The van der Waals surface area contributed by atoms with Crippen LogP contribution in [0.1, 0.15) is 43.2 Å². The molecule has 1 aliphatic carbocycles. The summed E-state index contributed by atoms with van der Waals surface area (Å²) in [5.41, 5.74) is 1.04. The SMILES string of the molecule is FC(F)(F)c1cccc(/C=C(/CCl)C2CCCCC2)c1. The summed E-state index contributed by atoms with van der Waals surface area (Å²) < 4.78 is 38.1. The summed E-state index contributed by atoms with van der Waals surface area (Å²) in [6, 6.07) is 5.43. The Morgan fingerprint density at radius 3 is 2.50 bits per heavy atom. The zero-order valence-corrected chi connectivity index (χ0v) is 12.0. The molecule has 4 heteroatoms. The zero-order valence-electron chi connectivity index (χ0n) is 11.2. The molecule has 0 heterocycles. The van der Waals surface area contributed by atoms with Crippen LogP contribution in [0.25, 0.3) is 6.08 Å². The number of alkyl halides is 4. The van der Waals surface area contributed by atoms with Gasteiger partial charge in [0, 0.05) is 5.88 Å². The van der Waals surface area contributed by atoms with Gasteiger partial charge in [0.25, 0.3) is 0 Å². The fourth-order valence-corrected chi connectivity index (χ4v) is 3.05. The van der Waals surface area contributed by atoms with Gasteiger partial charge in [-0.2, -0.15) is 13.2 Å². The minimum absolute atomic E-state index is 0.390. The molecule has 20 heavy (non-hydrogen) atoms. The van der Waals surface area contributed by atoms with Gasteiger partial charge >= 0.3 is 6.18 Å². The van der Waals surface area contributed by atoms with Crippen LogP contribution in [0, 0.1) is 5.92 Å². The van der Waals surface area contributed by atoms with Crippen molar-refractivity contribution >= 4 is 17.7 Å². The van der Waals surface area contributed by atoms with Gasteiger partial charge in [0.1, 0.15) is 0 Å². The Morgan fingerprint density at radius 2 is 1.90 bits per heavy atom. The first-order chi connectivity index (χ1) is 9.50. The van der Waals surface area contributed by atoms with E-state index in [1.807, 2.05) is 6.08 Å². The van der Waals surface area contributed by atoms with E-state index < -0.39 is 11.7 Å². The molecule has 0 N–H and O–H groups in total. The van der Waals surface area contributed by atoms with Crippen LogP contribution < -0.4 is 0 Å². The molecule has 0 radical (unpaired) electrons. The smallest absolute Gasteiger partial charge is 0.166 e. The van der Waals surface area contributed by atoms with Crippen molar-refractivity contribution in [2.75, 3.05) is 5.88 Å². The van der Waals surface area contributed by atoms with Gasteiger partial charge in [0.05, 0.1) is 5.56 Å². The van der Waals surface area contributed by atoms with E-state index in [0.717, 1.165) is 24.5 Å². The second-order valence-corrected chi connectivity index (χ2v) is 5.58. The molecule has 0 aromatic heterocycles. The van der Waals surface area contributed by atoms with Gasteiger partial charge < -0.3 is 0 Å². The molecule has 0 nitrogen and oxygen atoms in total. The Kier molecular flexibility index (Phi) is 5.14. The van der Waals surface area contributed by atoms with Crippen LogP contribution in [-0.4, -0.2) is 5.88 Å². The molecule has 0 amide bonds. The first-order valence-corrected chi connectivity index (χ1v) is 7.48. The first-order valence-electron chi connectivity index (χ1n) is 6.94. The highest BCUT2D eigenvalue weighted by atomic mass is 35.5. The molecule has 0 bridgehead atoms. The maximum atomic E-state index is 12.7. The van der Waals surface area contributed by atoms with Crippen molar-refractivity contribution in [3.05, 3.63) is 41.0 Å². The fourth-order valence-electron chi connectivity index (χ4n) is 2.76. The number of rotatable bonds is 3. The second-order valence-electron chi connectivity index (χ2n) is 5.31. The number of allylic oxidation sites excluding steroid dienone is 1. The van der Waals surface area contributed by atoms with Crippen LogP contribution in [-0.2, 0) is 6.18 Å². The van der Waals surface area contributed by atoms with Gasteiger partial charge in [-0.25, -0.2) is 0 Å². The van der Waals surface area contributed by atoms with Gasteiger partial charge in [0.15, 0.2) is 0 Å². The number of halogens is 4. The van der Waals surface area contributed by atoms with Crippen LogP contribution in [0.4, 0.5) is 13.2 Å². The van der Waals surface area contributed by atoms with E-state index in [1.54, 1.807) is 6.07 Å². The van der Waals surface area contributed by atoms with Crippen molar-refractivity contribution in [2.45, 2.75) is 38.3 Å². The van der Waals surface area contributed by atoms with Crippen molar-refractivity contribution in [3.63, 3.8) is 0 Å². The summed E-state index contributed by atoms with van der Waals surface area (Å²) in [4.78, 5) is 0. The van der Waals surface area contributed by atoms with Crippen LogP contribution in [0.3, 0.4) is 0 Å². The van der Waals surface area contributed by atoms with Crippen molar-refractivity contribution in [3.8, 4) is 0 Å². The monoisotopic (exact) mass is 302 g/mol. The maximum absolute atomic E-state index is 12.7. The Labute approximate surface area is 122 Å². The van der Waals surface area contributed by atoms with Crippen molar-refractivity contribution in [1.82, 2.24) is 0 Å². The van der Waals surface area contributed by atoms with E-state index in [4.69, 9.17) is 11.6 Å². The lowest BCUT2D eigenvalue weighted by Gasteiger charge is -2.23. The maximum Gasteiger partial charge on any atom is 0.416 e. The molecular weight excluding hydrogens is 285 g/mol. The summed E-state index contributed by atoms with van der Waals surface area (Å²) in [7, 11) is 0. The van der Waals surface area contributed by atoms with Crippen LogP contribution in [0.2, 0.25) is 0 Å². The number of benzene rings is 1. The lowest BCUT2D eigenvalue weighted by atomic mass is 9.83. The Morgan fingerprint density at radius 1 is 1.20 bits per heavy atom. The topological polar surface area (TPSA) is 0 Å². The lowest BCUT2D eigenvalue weighted by Crippen LogP contribution is -2.10. The Bertz CT molecular complexity index is 471. The predicted octanol–water partition coefficient (Wildman–Crippen LogP) is 5.91. The molecule has 0 saturated heterocycles. The normalized spacial score (nSPS) is 18.3. The minimum atomic E-state index is -4.30. The van der Waals surface area contributed by atoms with Crippen LogP contribution >= 0.6 is 11.6 Å². The van der Waals surface area contributed by atoms with E-state index in [-0.39, 0.29) is 0 Å². The van der Waals surface area contributed by atoms with Gasteiger partial charge in [-0.3, -0.25) is 0 Å². The van der Waals surface area contributed by atoms with Gasteiger partial charge in [-0.05, 0) is 36.5 Å². The molecule has 1 aromatic carbocycles. The van der Waals surface area contributed by atoms with Gasteiger partial charge in [-0.15, -0.1) is 11.6 Å². The quantitative estimate of drug-likeness (QED) is 0.609. The largest absolute Gasteiger partial charge is 0.416 e. The molecule has 0 aliphatic heterocycles. The highest BCUT2D eigenvalue weighted by molar-refractivity contribution is 6.19. The molecular formula is C16H18ClF3. The molecule has 2 rings (SSSR count). The van der Waals surface area contributed by atoms with E-state index in [1.165, 1.54) is 31.4 Å². The minimum Gasteiger partial charge on any atom is -0.166 e. The van der Waals surface area contributed by atoms with Crippen LogP contribution in [0.5, 0.6) is 0 Å². The van der Waals surface area contributed by atoms with E-state index in [9.17, 15) is 13.2 Å². The number of hydrogen-bond donors (Lipinski definition) is 0. The van der Waals surface area contributed by atoms with Crippen molar-refractivity contribution in [2.24, 2.45) is 5.92 Å². The average Bonchev–Trinajstić information content (AvgIpc) is 2.45. The zero-order chi connectivity index (χ0) is 14.6. The average molecular weight is 303 g/mol. The van der Waals surface area contributed by atoms with E-state index in [2.05, 4.69) is 0 Å². The summed E-state index contributed by atoms with van der Waals surface area (Å²) in [6.45, 7) is 0. The summed E-state index contributed by atoms with van der Waals surface area (Å²) >= 11 is 5.99. The predicted molar refractivity (Wildman–Crippen MR) is 76.7 cm³/mol. The summed E-state index contributed by atoms with van der Waals surface area (Å²) in [5.74, 6) is 0.816. The van der Waals surface area contributed by atoms with E-state index >= 15 is 0 Å². The molecule has 1 aromatic rings. The molecule has 0 spiro atoms. The molecule has 0 unspecified atom stereocenters. The Balaban J connectivity index is 2.23. The van der Waals surface area contributed by atoms with Gasteiger partial charge in [-0.1, -0.05) is 43.0 Å². The molecule has 1 aliphatic rings. The number of hydrogen-bond acceptors (Lipinski definition) is 0. The van der Waals surface area contributed by atoms with Crippen molar-refractivity contribution in [1.29, 1.82) is 0 Å². The summed E-state index contributed by atoms with van der Waals surface area (Å²) in [6.07, 6.45) is 3.33. The van der Waals surface area contributed by atoms with Gasteiger partial charge in [0.2, 0.25) is 0 Å². The van der Waals surface area contributed by atoms with E-state index in [0.29, 0.717) is 17.4 Å². The van der Waals surface area contributed by atoms with Crippen molar-refractivity contribution < 1.29 is 13.2 Å². The highest BCUT2D eigenvalue weighted by Crippen LogP contribution is 2.33. The molecule has 0 atom stereocenters. The standard InChI is InChI=1S/C16H18ClF3/c17-11-14(13-6-2-1-3-7-13)9-12-5-4-8-15(10-12)16(18,19)20/h4-5,8-10,13H,1-3,6-7,11H2/b14-9-. The summed E-state index contributed by atoms with van der Waals surface area (Å²) in [5, 5.41) is 0. The molecule has 110 valence electrons. The highest BCUT2D eigenvalue weighted by Gasteiger charge is 2.30. The second kappa shape index (κ2) is 6.66. The third-order valence-corrected chi connectivity index (χ3v) is 4.16. The lowest BCUT2D eigenvalue weighted by molar-refractivity contribution is -0.137. The third kappa shape index (κ3) is 4.02.